The zero-order valence-electron chi connectivity index (χ0n) is 16.0. The van der Waals surface area contributed by atoms with E-state index in [0.29, 0.717) is 11.5 Å². The first kappa shape index (κ1) is 14.0. The highest BCUT2D eigenvalue weighted by Gasteiger charge is 2.47. The Hall–Kier alpha value is -2.42. The highest BCUT2D eigenvalue weighted by Crippen LogP contribution is 2.33. The molecule has 0 amide bonds. The van der Waals surface area contributed by atoms with Gasteiger partial charge in [-0.1, -0.05) is 0 Å². The minimum Gasteiger partial charge on any atom is -0.456 e. The molecule has 0 aliphatic carbocycles. The summed E-state index contributed by atoms with van der Waals surface area (Å²) in [6.45, 7) is -0.520. The van der Waals surface area contributed by atoms with Crippen LogP contribution >= 0.6 is 0 Å². The average molecular weight is 343 g/mol. The zero-order chi connectivity index (χ0) is 20.0. The number of ether oxygens (including phenoxy) is 4. The van der Waals surface area contributed by atoms with Crippen molar-refractivity contribution in [2.45, 2.75) is 52.0 Å². The van der Waals surface area contributed by atoms with E-state index in [-0.39, 0.29) is 6.61 Å². The number of hydrogen-bond acceptors (Lipinski definition) is 8. The molecule has 2 heterocycles. The summed E-state index contributed by atoms with van der Waals surface area (Å²) in [5.41, 5.74) is 0.437. The predicted molar refractivity (Wildman–Crippen MR) is 78.7 cm³/mol. The highest BCUT2D eigenvalue weighted by atomic mass is 16.6. The first-order valence-electron chi connectivity index (χ1n) is 9.11. The Kier molecular flexibility index (Phi) is 4.33. The van der Waals surface area contributed by atoms with Gasteiger partial charge in [-0.25, -0.2) is 4.98 Å². The van der Waals surface area contributed by atoms with E-state index in [4.69, 9.17) is 23.1 Å². The van der Waals surface area contributed by atoms with Crippen LogP contribution in [0.3, 0.4) is 0 Å². The third-order valence-corrected chi connectivity index (χ3v) is 3.28. The van der Waals surface area contributed by atoms with Crippen LogP contribution in [0.25, 0.3) is 0 Å². The lowest BCUT2D eigenvalue weighted by atomic mass is 9.97. The molecule has 1 aliphatic rings. The van der Waals surface area contributed by atoms with Gasteiger partial charge in [0.15, 0.2) is 18.3 Å². The summed E-state index contributed by atoms with van der Waals surface area (Å²) < 4.78 is 42.5. The van der Waals surface area contributed by atoms with Crippen LogP contribution in [0.2, 0.25) is 0 Å². The molecule has 0 radical (unpaired) electrons. The van der Waals surface area contributed by atoms with Crippen LogP contribution in [0, 0.1) is 6.92 Å². The summed E-state index contributed by atoms with van der Waals surface area (Å²) in [6.07, 6.45) is -3.11. The second-order valence-corrected chi connectivity index (χ2v) is 5.12. The Balaban J connectivity index is 2.35. The summed E-state index contributed by atoms with van der Waals surface area (Å²) in [7, 11) is 0. The highest BCUT2D eigenvalue weighted by molar-refractivity contribution is 5.68. The molecule has 4 atom stereocenters. The van der Waals surface area contributed by atoms with Crippen molar-refractivity contribution >= 4 is 17.9 Å². The lowest BCUT2D eigenvalue weighted by Gasteiger charge is -2.40. The van der Waals surface area contributed by atoms with E-state index >= 15 is 0 Å². The second-order valence-electron chi connectivity index (χ2n) is 5.12. The molecule has 1 aromatic heterocycles. The molecule has 2 rings (SSSR count). The third-order valence-electron chi connectivity index (χ3n) is 3.28. The summed E-state index contributed by atoms with van der Waals surface area (Å²) in [5.74, 6) is -2.12. The molecular weight excluding hydrogens is 320 g/mol. The summed E-state index contributed by atoms with van der Waals surface area (Å²) in [5, 5.41) is 0. The number of nitrogens with zero attached hydrogens (tertiary/aromatic N) is 1. The van der Waals surface area contributed by atoms with Crippen molar-refractivity contribution in [2.75, 3.05) is 6.61 Å². The van der Waals surface area contributed by atoms with E-state index in [9.17, 15) is 14.4 Å². The van der Waals surface area contributed by atoms with Crippen LogP contribution in [-0.2, 0) is 33.3 Å². The smallest absolute Gasteiger partial charge is 0.303 e. The lowest BCUT2D eigenvalue weighted by molar-refractivity contribution is -0.227. The molecule has 9 heteroatoms. The van der Waals surface area contributed by atoms with E-state index < -0.39 is 63.0 Å². The number of H-pyrrole nitrogens is 1. The molecule has 0 aromatic carbocycles. The maximum absolute atomic E-state index is 11.7. The quantitative estimate of drug-likeness (QED) is 0.623. The fourth-order valence-corrected chi connectivity index (χ4v) is 2.47. The van der Waals surface area contributed by atoms with Gasteiger partial charge in [0.1, 0.15) is 11.9 Å². The van der Waals surface area contributed by atoms with Gasteiger partial charge in [0.05, 0.1) is 18.5 Å². The number of nitrogens with one attached hydrogen (secondary N) is 1. The first-order valence-corrected chi connectivity index (χ1v) is 6.98. The molecule has 1 unspecified atom stereocenters. The van der Waals surface area contributed by atoms with Crippen molar-refractivity contribution in [1.29, 1.82) is 0 Å². The van der Waals surface area contributed by atoms with Crippen LogP contribution in [-0.4, -0.2) is 52.8 Å². The number of rotatable bonds is 4. The van der Waals surface area contributed by atoms with Gasteiger partial charge in [0.2, 0.25) is 0 Å². The monoisotopic (exact) mass is 343 g/mol. The second kappa shape index (κ2) is 7.43. The largest absolute Gasteiger partial charge is 0.456 e. The molecule has 0 spiro atoms. The van der Waals surface area contributed by atoms with E-state index in [1.165, 1.54) is 6.20 Å². The molecule has 24 heavy (non-hydrogen) atoms. The topological polar surface area (TPSA) is 117 Å². The normalized spacial score (nSPS) is 28.1. The van der Waals surface area contributed by atoms with Crippen LogP contribution in [0.1, 0.15) is 42.4 Å². The van der Waals surface area contributed by atoms with Crippen molar-refractivity contribution in [1.82, 2.24) is 9.97 Å². The van der Waals surface area contributed by atoms with Crippen molar-refractivity contribution < 1.29 is 37.4 Å². The Morgan fingerprint density at radius 2 is 1.79 bits per heavy atom. The van der Waals surface area contributed by atoms with Crippen molar-refractivity contribution in [3.05, 3.63) is 17.7 Å². The Morgan fingerprint density at radius 1 is 1.17 bits per heavy atom. The summed E-state index contributed by atoms with van der Waals surface area (Å²) in [4.78, 5) is 41.9. The Bertz CT molecular complexity index is 684. The van der Waals surface area contributed by atoms with Crippen LogP contribution in [0.5, 0.6) is 0 Å². The fourth-order valence-electron chi connectivity index (χ4n) is 2.47. The van der Waals surface area contributed by atoms with Gasteiger partial charge in [-0.15, -0.1) is 0 Å². The number of imidazole rings is 1. The van der Waals surface area contributed by atoms with Gasteiger partial charge < -0.3 is 23.9 Å². The molecule has 9 nitrogen and oxygen atoms in total. The Morgan fingerprint density at radius 3 is 2.38 bits per heavy atom. The third kappa shape index (κ3) is 4.31. The molecule has 1 aromatic rings. The molecule has 1 aliphatic heterocycles. The number of carbonyl (C=O) groups is 3. The SMILES string of the molecule is [2H]CC(=O)O[C@H]1[C@H](OC(=O)C[2H])COC(c2cnc(C)[nH]2)[C@@H]1OC(=O)C[2H]. The number of carbonyl (C=O) groups excluding carboxylic acids is 3. The summed E-state index contributed by atoms with van der Waals surface area (Å²) >= 11 is 0. The molecule has 132 valence electrons. The van der Waals surface area contributed by atoms with Gasteiger partial charge in [0, 0.05) is 24.8 Å². The van der Waals surface area contributed by atoms with Gasteiger partial charge in [-0.2, -0.15) is 0 Å². The summed E-state index contributed by atoms with van der Waals surface area (Å²) in [6, 6.07) is 0. The zero-order valence-corrected chi connectivity index (χ0v) is 13.0. The maximum atomic E-state index is 11.7. The van der Waals surface area contributed by atoms with Gasteiger partial charge in [0.25, 0.3) is 0 Å². The van der Waals surface area contributed by atoms with E-state index in [1.54, 1.807) is 6.92 Å². The number of aromatic amines is 1. The van der Waals surface area contributed by atoms with Gasteiger partial charge in [-0.05, 0) is 6.92 Å². The molecule has 1 saturated heterocycles. The van der Waals surface area contributed by atoms with Crippen LogP contribution < -0.4 is 0 Å². The van der Waals surface area contributed by atoms with Crippen molar-refractivity contribution in [3.8, 4) is 0 Å². The van der Waals surface area contributed by atoms with E-state index in [0.717, 1.165) is 0 Å². The first-order chi connectivity index (χ1) is 12.9. The average Bonchev–Trinajstić information content (AvgIpc) is 3.09. The number of hydrogen-bond donors (Lipinski definition) is 1. The molecular formula is C15H20N2O7. The number of esters is 3. The van der Waals surface area contributed by atoms with Gasteiger partial charge >= 0.3 is 17.9 Å². The number of aryl methyl sites for hydroxylation is 1. The van der Waals surface area contributed by atoms with Crippen molar-refractivity contribution in [2.24, 2.45) is 0 Å². The van der Waals surface area contributed by atoms with Gasteiger partial charge in [-0.3, -0.25) is 14.4 Å². The van der Waals surface area contributed by atoms with Crippen LogP contribution in [0.15, 0.2) is 6.20 Å². The lowest BCUT2D eigenvalue weighted by Crippen LogP contribution is -2.54. The molecule has 0 saturated carbocycles. The molecule has 1 fully saturated rings. The minimum absolute atomic E-state index is 0.195. The van der Waals surface area contributed by atoms with E-state index in [1.807, 2.05) is 0 Å². The van der Waals surface area contributed by atoms with E-state index in [2.05, 4.69) is 9.97 Å². The minimum atomic E-state index is -1.27. The standard InChI is InChI=1S/C15H20N2O7/c1-7-16-5-11(17-7)13-15(24-10(4)20)14(23-9(3)19)12(6-21-13)22-8(2)18/h5,12-15H,6H2,1-4H3,(H,16,17)/t12-,13?,14+,15+/m1/s1/i2D,3D,4D. The van der Waals surface area contributed by atoms with Crippen LogP contribution in [0.4, 0.5) is 0 Å². The maximum Gasteiger partial charge on any atom is 0.303 e. The Labute approximate surface area is 142 Å². The number of aromatic nitrogens is 2. The molecule has 1 N–H and O–H groups in total. The predicted octanol–water partition coefficient (Wildman–Crippen LogP) is 0.585. The molecule has 0 bridgehead atoms. The fraction of sp³-hybridized carbons (Fsp3) is 0.600. The van der Waals surface area contributed by atoms with Crippen molar-refractivity contribution in [3.63, 3.8) is 0 Å².